The van der Waals surface area contributed by atoms with Gasteiger partial charge >= 0.3 is 6.18 Å². The predicted octanol–water partition coefficient (Wildman–Crippen LogP) is 3.32. The second kappa shape index (κ2) is 7.01. The van der Waals surface area contributed by atoms with Crippen LogP contribution in [0.25, 0.3) is 0 Å². The van der Waals surface area contributed by atoms with Crippen LogP contribution in [0.15, 0.2) is 28.7 Å². The third-order valence-electron chi connectivity index (χ3n) is 3.81. The average Bonchev–Trinajstić information content (AvgIpc) is 3.23. The van der Waals surface area contributed by atoms with Crippen LogP contribution in [0.5, 0.6) is 5.75 Å². The summed E-state index contributed by atoms with van der Waals surface area (Å²) in [6.45, 7) is 2.81. The molecule has 0 amide bonds. The highest BCUT2D eigenvalue weighted by molar-refractivity contribution is 5.35. The molecule has 0 radical (unpaired) electrons. The van der Waals surface area contributed by atoms with E-state index < -0.39 is 17.3 Å². The smallest absolute Gasteiger partial charge is 0.419 e. The van der Waals surface area contributed by atoms with Crippen molar-refractivity contribution >= 4 is 0 Å². The number of hydrogen-bond donors (Lipinski definition) is 0. The van der Waals surface area contributed by atoms with E-state index in [0.29, 0.717) is 26.2 Å². The summed E-state index contributed by atoms with van der Waals surface area (Å²) < 4.78 is 60.7. The van der Waals surface area contributed by atoms with Crippen molar-refractivity contribution in [2.75, 3.05) is 19.8 Å². The maximum Gasteiger partial charge on any atom is 0.419 e. The first-order valence-corrected chi connectivity index (χ1v) is 7.78. The minimum absolute atomic E-state index is 0.0676. The van der Waals surface area contributed by atoms with E-state index in [1.807, 2.05) is 6.92 Å². The summed E-state index contributed by atoms with van der Waals surface area (Å²) in [6, 6.07) is 4.96. The minimum atomic E-state index is -4.50. The Bertz CT molecular complexity index is 711. The van der Waals surface area contributed by atoms with Crippen molar-refractivity contribution in [3.8, 4) is 5.75 Å². The zero-order valence-corrected chi connectivity index (χ0v) is 13.5. The molecule has 136 valence electrons. The Kier molecular flexibility index (Phi) is 4.96. The second-order valence-electron chi connectivity index (χ2n) is 5.51. The zero-order valence-electron chi connectivity index (χ0n) is 13.5. The summed E-state index contributed by atoms with van der Waals surface area (Å²) in [5.41, 5.74) is -1.66. The van der Waals surface area contributed by atoms with Gasteiger partial charge < -0.3 is 18.6 Å². The van der Waals surface area contributed by atoms with Gasteiger partial charge in [0, 0.05) is 13.0 Å². The Balaban J connectivity index is 1.73. The van der Waals surface area contributed by atoms with Gasteiger partial charge in [0.1, 0.15) is 5.75 Å². The summed E-state index contributed by atoms with van der Waals surface area (Å²) in [5.74, 6) is 0.0194. The molecule has 1 aromatic heterocycles. The van der Waals surface area contributed by atoms with E-state index in [4.69, 9.17) is 18.6 Å². The van der Waals surface area contributed by atoms with E-state index in [1.54, 1.807) is 0 Å². The maximum absolute atomic E-state index is 13.0. The molecule has 0 bridgehead atoms. The Morgan fingerprint density at radius 2 is 2.04 bits per heavy atom. The van der Waals surface area contributed by atoms with Gasteiger partial charge in [0.15, 0.2) is 12.2 Å². The molecule has 1 aromatic carbocycles. The number of benzene rings is 1. The molecule has 1 fully saturated rings. The average molecular weight is 358 g/mol. The second-order valence-corrected chi connectivity index (χ2v) is 5.51. The molecule has 2 aromatic rings. The van der Waals surface area contributed by atoms with Gasteiger partial charge in [-0.1, -0.05) is 12.1 Å². The number of hydrogen-bond acceptors (Lipinski definition) is 6. The van der Waals surface area contributed by atoms with Crippen molar-refractivity contribution in [2.24, 2.45) is 0 Å². The van der Waals surface area contributed by atoms with Crippen LogP contribution in [-0.2, 0) is 27.9 Å². The largest absolute Gasteiger partial charge is 0.483 e. The first-order chi connectivity index (χ1) is 11.9. The van der Waals surface area contributed by atoms with Crippen LogP contribution in [0.3, 0.4) is 0 Å². The molecule has 1 saturated heterocycles. The van der Waals surface area contributed by atoms with E-state index in [9.17, 15) is 13.2 Å². The third-order valence-corrected chi connectivity index (χ3v) is 3.81. The summed E-state index contributed by atoms with van der Waals surface area (Å²) >= 11 is 0. The molecular weight excluding hydrogens is 341 g/mol. The molecule has 0 spiro atoms. The van der Waals surface area contributed by atoms with Crippen LogP contribution in [0, 0.1) is 0 Å². The van der Waals surface area contributed by atoms with Gasteiger partial charge in [-0.3, -0.25) is 0 Å². The van der Waals surface area contributed by atoms with Gasteiger partial charge in [-0.15, -0.1) is 10.2 Å². The molecule has 0 aliphatic carbocycles. The molecule has 25 heavy (non-hydrogen) atoms. The monoisotopic (exact) mass is 358 g/mol. The van der Waals surface area contributed by atoms with Gasteiger partial charge in [-0.05, 0) is 19.1 Å². The van der Waals surface area contributed by atoms with Gasteiger partial charge in [-0.25, -0.2) is 0 Å². The van der Waals surface area contributed by atoms with Crippen molar-refractivity contribution in [2.45, 2.75) is 31.7 Å². The third kappa shape index (κ3) is 3.77. The van der Waals surface area contributed by atoms with Crippen LogP contribution in [0.4, 0.5) is 13.2 Å². The number of halogens is 3. The van der Waals surface area contributed by atoms with Gasteiger partial charge in [-0.2, -0.15) is 13.2 Å². The fourth-order valence-electron chi connectivity index (χ4n) is 2.63. The van der Waals surface area contributed by atoms with E-state index >= 15 is 0 Å². The van der Waals surface area contributed by atoms with Gasteiger partial charge in [0.25, 0.3) is 11.8 Å². The molecule has 1 atom stereocenters. The summed E-state index contributed by atoms with van der Waals surface area (Å²) in [7, 11) is 0. The van der Waals surface area contributed by atoms with Crippen molar-refractivity contribution < 1.29 is 31.8 Å². The lowest BCUT2D eigenvalue weighted by Gasteiger charge is -2.22. The topological polar surface area (TPSA) is 66.6 Å². The molecule has 0 saturated carbocycles. The van der Waals surface area contributed by atoms with Crippen LogP contribution in [-0.4, -0.2) is 30.0 Å². The molecule has 6 nitrogen and oxygen atoms in total. The molecular formula is C16H17F3N2O4. The number of ether oxygens (including phenoxy) is 3. The molecule has 9 heteroatoms. The van der Waals surface area contributed by atoms with Crippen LogP contribution in [0.2, 0.25) is 0 Å². The first-order valence-electron chi connectivity index (χ1n) is 7.78. The molecule has 1 aliphatic rings. The molecule has 1 unspecified atom stereocenters. The Morgan fingerprint density at radius 1 is 1.24 bits per heavy atom. The molecule has 0 N–H and O–H groups in total. The van der Waals surface area contributed by atoms with Crippen molar-refractivity contribution in [1.29, 1.82) is 0 Å². The number of nitrogens with zero attached hydrogens (tertiary/aromatic N) is 2. The number of alkyl halides is 3. The van der Waals surface area contributed by atoms with E-state index in [2.05, 4.69) is 10.2 Å². The van der Waals surface area contributed by atoms with Crippen molar-refractivity contribution in [3.05, 3.63) is 41.6 Å². The number of para-hydroxylation sites is 1. The predicted molar refractivity (Wildman–Crippen MR) is 78.8 cm³/mol. The summed E-state index contributed by atoms with van der Waals surface area (Å²) in [5, 5.41) is 7.79. The van der Waals surface area contributed by atoms with Crippen LogP contribution < -0.4 is 4.74 Å². The fourth-order valence-corrected chi connectivity index (χ4v) is 2.63. The maximum atomic E-state index is 13.0. The normalized spacial score (nSPS) is 20.8. The van der Waals surface area contributed by atoms with Crippen molar-refractivity contribution in [3.63, 3.8) is 0 Å². The highest BCUT2D eigenvalue weighted by Crippen LogP contribution is 2.37. The lowest BCUT2D eigenvalue weighted by Crippen LogP contribution is -2.30. The zero-order chi connectivity index (χ0) is 17.9. The molecule has 3 rings (SSSR count). The lowest BCUT2D eigenvalue weighted by molar-refractivity contribution is -0.139. The summed E-state index contributed by atoms with van der Waals surface area (Å²) in [4.78, 5) is 0. The lowest BCUT2D eigenvalue weighted by atomic mass is 10.0. The number of rotatable bonds is 6. The SMILES string of the molecule is CCOC1(c2nnc(COc3ccccc3C(F)(F)F)o2)CCOC1. The fraction of sp³-hybridized carbons (Fsp3) is 0.500. The van der Waals surface area contributed by atoms with Gasteiger partial charge in [0.05, 0.1) is 18.8 Å². The van der Waals surface area contributed by atoms with E-state index in [1.165, 1.54) is 18.2 Å². The first kappa shape index (κ1) is 17.7. The Hall–Kier alpha value is -2.13. The highest BCUT2D eigenvalue weighted by Gasteiger charge is 2.43. The highest BCUT2D eigenvalue weighted by atomic mass is 19.4. The van der Waals surface area contributed by atoms with Crippen molar-refractivity contribution in [1.82, 2.24) is 10.2 Å². The number of aromatic nitrogens is 2. The standard InChI is InChI=1S/C16H17F3N2O4/c1-2-24-15(7-8-22-10-15)14-21-20-13(25-14)9-23-12-6-4-3-5-11(12)16(17,18)19/h3-6H,2,7-10H2,1H3. The van der Waals surface area contributed by atoms with Crippen LogP contribution in [0.1, 0.15) is 30.7 Å². The molecule has 1 aliphatic heterocycles. The van der Waals surface area contributed by atoms with E-state index in [0.717, 1.165) is 6.07 Å². The quantitative estimate of drug-likeness (QED) is 0.789. The molecule has 2 heterocycles. The minimum Gasteiger partial charge on any atom is -0.483 e. The Morgan fingerprint density at radius 3 is 2.72 bits per heavy atom. The van der Waals surface area contributed by atoms with E-state index in [-0.39, 0.29) is 24.1 Å². The van der Waals surface area contributed by atoms with Crippen LogP contribution >= 0.6 is 0 Å². The summed E-state index contributed by atoms with van der Waals surface area (Å²) in [6.07, 6.45) is -3.93. The van der Waals surface area contributed by atoms with Gasteiger partial charge in [0.2, 0.25) is 0 Å². The Labute approximate surface area is 141 Å².